The second kappa shape index (κ2) is 4.77. The van der Waals surface area contributed by atoms with Crippen LogP contribution in [0.5, 0.6) is 5.75 Å². The van der Waals surface area contributed by atoms with Crippen LogP contribution in [-0.4, -0.2) is 6.54 Å². The third-order valence-corrected chi connectivity index (χ3v) is 3.86. The lowest BCUT2D eigenvalue weighted by molar-refractivity contribution is 0.211. The zero-order chi connectivity index (χ0) is 14.2. The Morgan fingerprint density at radius 3 is 2.81 bits per heavy atom. The monoisotopic (exact) mass is 279 g/mol. The number of fused-ring (bicyclic) bond motifs is 2. The van der Waals surface area contributed by atoms with E-state index >= 15 is 0 Å². The maximum atomic E-state index is 13.2. The van der Waals surface area contributed by atoms with Gasteiger partial charge in [0.1, 0.15) is 17.7 Å². The van der Waals surface area contributed by atoms with Crippen molar-refractivity contribution in [3.05, 3.63) is 72.0 Å². The first-order valence-corrected chi connectivity index (χ1v) is 6.99. The third kappa shape index (κ3) is 2.11. The summed E-state index contributed by atoms with van der Waals surface area (Å²) in [6.45, 7) is 0.629. The van der Waals surface area contributed by atoms with E-state index in [9.17, 15) is 4.39 Å². The molecule has 21 heavy (non-hydrogen) atoms. The van der Waals surface area contributed by atoms with Gasteiger partial charge in [-0.2, -0.15) is 0 Å². The van der Waals surface area contributed by atoms with E-state index in [1.54, 1.807) is 6.07 Å². The van der Waals surface area contributed by atoms with Crippen LogP contribution >= 0.6 is 0 Å². The first-order chi connectivity index (χ1) is 10.3. The molecule has 0 amide bonds. The summed E-state index contributed by atoms with van der Waals surface area (Å²) >= 11 is 0. The van der Waals surface area contributed by atoms with E-state index in [4.69, 9.17) is 4.74 Å². The Morgan fingerprint density at radius 1 is 1.00 bits per heavy atom. The van der Waals surface area contributed by atoms with E-state index in [0.717, 1.165) is 5.56 Å². The van der Waals surface area contributed by atoms with Crippen LogP contribution in [0.4, 0.5) is 10.1 Å². The lowest BCUT2D eigenvalue weighted by atomic mass is 9.99. The standard InChI is InChI=1S/C18H14FNO/c19-13-8-9-17-16(10-13)20-11-18(21-17)15-7-3-5-12-4-1-2-6-14(12)15/h1-10,18,20H,11H2. The topological polar surface area (TPSA) is 21.3 Å². The minimum atomic E-state index is -0.256. The highest BCUT2D eigenvalue weighted by molar-refractivity contribution is 5.86. The lowest BCUT2D eigenvalue weighted by Crippen LogP contribution is -2.23. The molecule has 4 rings (SSSR count). The van der Waals surface area contributed by atoms with Crippen LogP contribution in [0.1, 0.15) is 11.7 Å². The van der Waals surface area contributed by atoms with Crippen molar-refractivity contribution < 1.29 is 9.13 Å². The third-order valence-electron chi connectivity index (χ3n) is 3.86. The Labute approximate surface area is 122 Å². The zero-order valence-electron chi connectivity index (χ0n) is 11.3. The highest BCUT2D eigenvalue weighted by Gasteiger charge is 2.22. The summed E-state index contributed by atoms with van der Waals surface area (Å²) in [5, 5.41) is 5.64. The summed E-state index contributed by atoms with van der Waals surface area (Å²) < 4.78 is 19.3. The molecular formula is C18H14FNO. The number of hydrogen-bond donors (Lipinski definition) is 1. The average molecular weight is 279 g/mol. The molecule has 104 valence electrons. The number of benzene rings is 3. The summed E-state index contributed by atoms with van der Waals surface area (Å²) in [5.41, 5.74) is 1.86. The molecule has 0 spiro atoms. The summed E-state index contributed by atoms with van der Waals surface area (Å²) in [6.07, 6.45) is -0.0749. The van der Waals surface area contributed by atoms with E-state index in [1.165, 1.54) is 22.9 Å². The maximum absolute atomic E-state index is 13.2. The van der Waals surface area contributed by atoms with Gasteiger partial charge in [-0.3, -0.25) is 0 Å². The second-order valence-electron chi connectivity index (χ2n) is 5.20. The van der Waals surface area contributed by atoms with E-state index in [1.807, 2.05) is 18.2 Å². The Balaban J connectivity index is 1.76. The Hall–Kier alpha value is -2.55. The highest BCUT2D eigenvalue weighted by Crippen LogP contribution is 2.36. The molecule has 1 unspecified atom stereocenters. The molecule has 1 heterocycles. The van der Waals surface area contributed by atoms with Gasteiger partial charge >= 0.3 is 0 Å². The summed E-state index contributed by atoms with van der Waals surface area (Å²) in [5.74, 6) is 0.439. The van der Waals surface area contributed by atoms with Gasteiger partial charge < -0.3 is 10.1 Å². The van der Waals surface area contributed by atoms with Gasteiger partial charge in [-0.05, 0) is 22.9 Å². The molecule has 3 aromatic rings. The fourth-order valence-electron chi connectivity index (χ4n) is 2.85. The largest absolute Gasteiger partial charge is 0.482 e. The number of nitrogens with one attached hydrogen (secondary N) is 1. The Morgan fingerprint density at radius 2 is 1.86 bits per heavy atom. The van der Waals surface area contributed by atoms with E-state index in [-0.39, 0.29) is 11.9 Å². The van der Waals surface area contributed by atoms with Crippen LogP contribution in [0.2, 0.25) is 0 Å². The molecule has 0 bridgehead atoms. The second-order valence-corrected chi connectivity index (χ2v) is 5.20. The molecular weight excluding hydrogens is 265 g/mol. The molecule has 0 radical (unpaired) electrons. The van der Waals surface area contributed by atoms with Crippen LogP contribution in [0, 0.1) is 5.82 Å². The van der Waals surface area contributed by atoms with Gasteiger partial charge in [0.05, 0.1) is 12.2 Å². The minimum Gasteiger partial charge on any atom is -0.482 e. The predicted molar refractivity (Wildman–Crippen MR) is 82.2 cm³/mol. The fourth-order valence-corrected chi connectivity index (χ4v) is 2.85. The van der Waals surface area contributed by atoms with Gasteiger partial charge in [-0.15, -0.1) is 0 Å². The molecule has 1 aliphatic rings. The van der Waals surface area contributed by atoms with E-state index in [2.05, 4.69) is 29.6 Å². The van der Waals surface area contributed by atoms with Crippen molar-refractivity contribution in [2.24, 2.45) is 0 Å². The molecule has 0 aliphatic carbocycles. The first-order valence-electron chi connectivity index (χ1n) is 6.99. The zero-order valence-corrected chi connectivity index (χ0v) is 11.3. The number of rotatable bonds is 1. The summed E-state index contributed by atoms with van der Waals surface area (Å²) in [7, 11) is 0. The molecule has 3 aromatic carbocycles. The summed E-state index contributed by atoms with van der Waals surface area (Å²) in [4.78, 5) is 0. The average Bonchev–Trinajstić information content (AvgIpc) is 2.54. The smallest absolute Gasteiger partial charge is 0.143 e. The maximum Gasteiger partial charge on any atom is 0.143 e. The van der Waals surface area contributed by atoms with Crippen molar-refractivity contribution in [1.82, 2.24) is 0 Å². The normalized spacial score (nSPS) is 16.9. The van der Waals surface area contributed by atoms with E-state index < -0.39 is 0 Å². The number of hydrogen-bond acceptors (Lipinski definition) is 2. The van der Waals surface area contributed by atoms with Gasteiger partial charge in [-0.25, -0.2) is 4.39 Å². The van der Waals surface area contributed by atoms with Gasteiger partial charge in [0.15, 0.2) is 0 Å². The lowest BCUT2D eigenvalue weighted by Gasteiger charge is -2.28. The SMILES string of the molecule is Fc1ccc2c(c1)NCC(c1cccc3ccccc13)O2. The fraction of sp³-hybridized carbons (Fsp3) is 0.111. The van der Waals surface area contributed by atoms with Gasteiger partial charge in [-0.1, -0.05) is 42.5 Å². The van der Waals surface area contributed by atoms with Crippen molar-refractivity contribution in [1.29, 1.82) is 0 Å². The van der Waals surface area contributed by atoms with Gasteiger partial charge in [0.2, 0.25) is 0 Å². The van der Waals surface area contributed by atoms with Crippen LogP contribution in [0.3, 0.4) is 0 Å². The molecule has 1 atom stereocenters. The van der Waals surface area contributed by atoms with Crippen LogP contribution in [-0.2, 0) is 0 Å². The van der Waals surface area contributed by atoms with Crippen LogP contribution in [0.15, 0.2) is 60.7 Å². The number of anilines is 1. The molecule has 3 heteroatoms. The Bertz CT molecular complexity index is 810. The van der Waals surface area contributed by atoms with Crippen molar-refractivity contribution >= 4 is 16.5 Å². The molecule has 0 aromatic heterocycles. The quantitative estimate of drug-likeness (QED) is 0.707. The van der Waals surface area contributed by atoms with Crippen molar-refractivity contribution in [2.45, 2.75) is 6.10 Å². The van der Waals surface area contributed by atoms with Crippen molar-refractivity contribution in [3.8, 4) is 5.75 Å². The molecule has 0 fully saturated rings. The minimum absolute atomic E-state index is 0.0749. The molecule has 0 saturated heterocycles. The number of ether oxygens (including phenoxy) is 1. The van der Waals surface area contributed by atoms with Crippen molar-refractivity contribution in [3.63, 3.8) is 0 Å². The predicted octanol–water partition coefficient (Wildman–Crippen LogP) is 4.52. The van der Waals surface area contributed by atoms with Crippen LogP contribution in [0.25, 0.3) is 10.8 Å². The number of halogens is 1. The molecule has 0 saturated carbocycles. The van der Waals surface area contributed by atoms with Gasteiger partial charge in [0, 0.05) is 11.6 Å². The molecule has 1 aliphatic heterocycles. The van der Waals surface area contributed by atoms with Crippen molar-refractivity contribution in [2.75, 3.05) is 11.9 Å². The molecule has 1 N–H and O–H groups in total. The summed E-state index contributed by atoms with van der Waals surface area (Å²) in [6, 6.07) is 19.1. The molecule has 2 nitrogen and oxygen atoms in total. The van der Waals surface area contributed by atoms with E-state index in [0.29, 0.717) is 18.0 Å². The van der Waals surface area contributed by atoms with Gasteiger partial charge in [0.25, 0.3) is 0 Å². The Kier molecular flexibility index (Phi) is 2.78. The highest BCUT2D eigenvalue weighted by atomic mass is 19.1. The van der Waals surface area contributed by atoms with Crippen LogP contribution < -0.4 is 10.1 Å². The first kappa shape index (κ1) is 12.2.